The quantitative estimate of drug-likeness (QED) is 0.926. The van der Waals surface area contributed by atoms with Crippen LogP contribution in [-0.4, -0.2) is 37.8 Å². The van der Waals surface area contributed by atoms with Gasteiger partial charge in [-0.3, -0.25) is 4.79 Å². The molecule has 2 heterocycles. The maximum atomic E-state index is 12.7. The van der Waals surface area contributed by atoms with Crippen molar-refractivity contribution >= 4 is 17.6 Å². The molecule has 1 aromatic carbocycles. The second-order valence-corrected chi connectivity index (χ2v) is 5.71. The summed E-state index contributed by atoms with van der Waals surface area (Å²) in [5, 5.41) is 9.96. The highest BCUT2D eigenvalue weighted by atomic mass is 32.1. The fourth-order valence-corrected chi connectivity index (χ4v) is 3.16. The first kappa shape index (κ1) is 14.0. The molecule has 2 aromatic rings. The largest absolute Gasteiger partial charge is 0.507 e. The molecule has 1 N–H and O–H groups in total. The lowest BCUT2D eigenvalue weighted by Gasteiger charge is -2.19. The minimum absolute atomic E-state index is 0.0797. The van der Waals surface area contributed by atoms with E-state index in [0.29, 0.717) is 17.0 Å². The topological polar surface area (TPSA) is 66.3 Å². The molecule has 0 unspecified atom stereocenters. The lowest BCUT2D eigenvalue weighted by molar-refractivity contribution is 0.0757. The molecule has 21 heavy (non-hydrogen) atoms. The lowest BCUT2D eigenvalue weighted by atomic mass is 10.1. The molecule has 0 radical (unpaired) electrons. The van der Waals surface area contributed by atoms with Crippen molar-refractivity contribution in [2.24, 2.45) is 0 Å². The molecule has 0 spiro atoms. The number of phenols is 1. The van der Waals surface area contributed by atoms with E-state index in [4.69, 9.17) is 0 Å². The fraction of sp³-hybridized carbons (Fsp3) is 0.400. The van der Waals surface area contributed by atoms with Crippen molar-refractivity contribution in [3.63, 3.8) is 0 Å². The molecule has 110 valence electrons. The number of aromatic hydroxyl groups is 1. The Kier molecular flexibility index (Phi) is 4.15. The summed E-state index contributed by atoms with van der Waals surface area (Å²) < 4.78 is 8.38. The number of benzene rings is 1. The molecule has 1 fully saturated rings. The van der Waals surface area contributed by atoms with Crippen molar-refractivity contribution in [2.45, 2.75) is 25.7 Å². The van der Waals surface area contributed by atoms with Crippen LogP contribution in [0.1, 0.15) is 36.2 Å². The number of carbonyl (C=O) groups is 1. The molecule has 0 bridgehead atoms. The molecular formula is C15H17N3O2S. The van der Waals surface area contributed by atoms with Crippen LogP contribution in [0.4, 0.5) is 0 Å². The molecule has 0 atom stereocenters. The molecule has 1 aliphatic rings. The summed E-state index contributed by atoms with van der Waals surface area (Å²) >= 11 is 1.01. The summed E-state index contributed by atoms with van der Waals surface area (Å²) in [5.74, 6) is 0.0408. The van der Waals surface area contributed by atoms with Crippen molar-refractivity contribution in [1.82, 2.24) is 13.6 Å². The Balaban J connectivity index is 1.91. The zero-order valence-electron chi connectivity index (χ0n) is 11.7. The molecule has 3 rings (SSSR count). The average molecular weight is 303 g/mol. The van der Waals surface area contributed by atoms with Crippen molar-refractivity contribution in [2.75, 3.05) is 13.1 Å². The standard InChI is InChI=1S/C15H17N3O2S/c19-12-8-4-3-7-11(12)13-14(17-21-16-13)15(20)18-9-5-1-2-6-10-18/h3-4,7-8,19H,1-2,5-6,9-10H2. The van der Waals surface area contributed by atoms with Crippen LogP contribution in [0.3, 0.4) is 0 Å². The monoisotopic (exact) mass is 303 g/mol. The van der Waals surface area contributed by atoms with Gasteiger partial charge in [0, 0.05) is 18.7 Å². The Hall–Kier alpha value is -1.95. The maximum Gasteiger partial charge on any atom is 0.275 e. The Morgan fingerprint density at radius 2 is 1.81 bits per heavy atom. The number of phenolic OH excluding ortho intramolecular Hbond substituents is 1. The highest BCUT2D eigenvalue weighted by Crippen LogP contribution is 2.30. The van der Waals surface area contributed by atoms with E-state index in [1.54, 1.807) is 18.2 Å². The average Bonchev–Trinajstić information content (AvgIpc) is 2.81. The molecule has 0 aliphatic carbocycles. The van der Waals surface area contributed by atoms with Crippen molar-refractivity contribution < 1.29 is 9.90 Å². The van der Waals surface area contributed by atoms with Crippen molar-refractivity contribution in [1.29, 1.82) is 0 Å². The maximum absolute atomic E-state index is 12.7. The van der Waals surface area contributed by atoms with Gasteiger partial charge in [-0.2, -0.15) is 8.75 Å². The van der Waals surface area contributed by atoms with E-state index in [2.05, 4.69) is 8.75 Å². The minimum atomic E-state index is -0.0797. The second-order valence-electron chi connectivity index (χ2n) is 5.19. The molecule has 1 aliphatic heterocycles. The molecule has 1 saturated heterocycles. The van der Waals surface area contributed by atoms with Gasteiger partial charge in [-0.05, 0) is 25.0 Å². The Labute approximate surface area is 127 Å². The number of amides is 1. The van der Waals surface area contributed by atoms with E-state index in [1.165, 1.54) is 12.8 Å². The van der Waals surface area contributed by atoms with Gasteiger partial charge in [0.15, 0.2) is 5.69 Å². The van der Waals surface area contributed by atoms with E-state index in [9.17, 15) is 9.90 Å². The van der Waals surface area contributed by atoms with Gasteiger partial charge in [0.2, 0.25) is 0 Å². The Bertz CT molecular complexity index is 633. The Morgan fingerprint density at radius 3 is 2.52 bits per heavy atom. The van der Waals surface area contributed by atoms with E-state index in [-0.39, 0.29) is 11.7 Å². The van der Waals surface area contributed by atoms with Gasteiger partial charge in [0.05, 0.1) is 11.7 Å². The van der Waals surface area contributed by atoms with Crippen LogP contribution in [0, 0.1) is 0 Å². The first-order chi connectivity index (χ1) is 10.3. The van der Waals surface area contributed by atoms with Gasteiger partial charge in [0.1, 0.15) is 11.4 Å². The van der Waals surface area contributed by atoms with Crippen LogP contribution in [0.25, 0.3) is 11.3 Å². The zero-order chi connectivity index (χ0) is 14.7. The fourth-order valence-electron chi connectivity index (χ4n) is 2.60. The van der Waals surface area contributed by atoms with Crippen LogP contribution in [0.5, 0.6) is 5.75 Å². The van der Waals surface area contributed by atoms with Crippen molar-refractivity contribution in [3.05, 3.63) is 30.0 Å². The zero-order valence-corrected chi connectivity index (χ0v) is 12.5. The highest BCUT2D eigenvalue weighted by Gasteiger charge is 2.25. The lowest BCUT2D eigenvalue weighted by Crippen LogP contribution is -2.32. The third kappa shape index (κ3) is 2.90. The summed E-state index contributed by atoms with van der Waals surface area (Å²) in [4.78, 5) is 14.5. The molecular weight excluding hydrogens is 286 g/mol. The number of likely N-dealkylation sites (tertiary alicyclic amines) is 1. The smallest absolute Gasteiger partial charge is 0.275 e. The molecule has 5 nitrogen and oxygen atoms in total. The molecule has 1 amide bonds. The normalized spacial score (nSPS) is 15.7. The van der Waals surface area contributed by atoms with Gasteiger partial charge in [-0.15, -0.1) is 0 Å². The van der Waals surface area contributed by atoms with Gasteiger partial charge in [-0.1, -0.05) is 25.0 Å². The predicted molar refractivity (Wildman–Crippen MR) is 81.4 cm³/mol. The van der Waals surface area contributed by atoms with Crippen LogP contribution in [-0.2, 0) is 0 Å². The summed E-state index contributed by atoms with van der Waals surface area (Å²) in [7, 11) is 0. The molecule has 6 heteroatoms. The highest BCUT2D eigenvalue weighted by molar-refractivity contribution is 6.99. The van der Waals surface area contributed by atoms with Gasteiger partial charge in [0.25, 0.3) is 5.91 Å². The summed E-state index contributed by atoms with van der Waals surface area (Å²) in [5.41, 5.74) is 1.39. The van der Waals surface area contributed by atoms with Crippen molar-refractivity contribution in [3.8, 4) is 17.0 Å². The second kappa shape index (κ2) is 6.22. The SMILES string of the molecule is O=C(c1nsnc1-c1ccccc1O)N1CCCCCC1. The number of carbonyl (C=O) groups excluding carboxylic acids is 1. The van der Waals surface area contributed by atoms with E-state index in [0.717, 1.165) is 37.7 Å². The first-order valence-electron chi connectivity index (χ1n) is 7.17. The van der Waals surface area contributed by atoms with Crippen LogP contribution in [0.15, 0.2) is 24.3 Å². The summed E-state index contributed by atoms with van der Waals surface area (Å²) in [6, 6.07) is 6.91. The predicted octanol–water partition coefficient (Wildman–Crippen LogP) is 2.93. The van der Waals surface area contributed by atoms with E-state index in [1.807, 2.05) is 11.0 Å². The van der Waals surface area contributed by atoms with Gasteiger partial charge >= 0.3 is 0 Å². The number of nitrogens with zero attached hydrogens (tertiary/aromatic N) is 3. The summed E-state index contributed by atoms with van der Waals surface area (Å²) in [6.07, 6.45) is 4.42. The number of para-hydroxylation sites is 1. The molecule has 1 aromatic heterocycles. The van der Waals surface area contributed by atoms with Crippen LogP contribution < -0.4 is 0 Å². The third-order valence-electron chi connectivity index (χ3n) is 3.74. The number of rotatable bonds is 2. The van der Waals surface area contributed by atoms with E-state index < -0.39 is 0 Å². The number of aromatic nitrogens is 2. The summed E-state index contributed by atoms with van der Waals surface area (Å²) in [6.45, 7) is 1.55. The van der Waals surface area contributed by atoms with E-state index >= 15 is 0 Å². The number of hydrogen-bond acceptors (Lipinski definition) is 5. The number of hydrogen-bond donors (Lipinski definition) is 1. The molecule has 0 saturated carbocycles. The van der Waals surface area contributed by atoms with Gasteiger partial charge in [-0.25, -0.2) is 0 Å². The first-order valence-corrected chi connectivity index (χ1v) is 7.90. The minimum Gasteiger partial charge on any atom is -0.507 e. The van der Waals surface area contributed by atoms with Crippen LogP contribution >= 0.6 is 11.7 Å². The third-order valence-corrected chi connectivity index (χ3v) is 4.27. The van der Waals surface area contributed by atoms with Crippen LogP contribution in [0.2, 0.25) is 0 Å². The Morgan fingerprint density at radius 1 is 1.10 bits per heavy atom. The van der Waals surface area contributed by atoms with Gasteiger partial charge < -0.3 is 10.0 Å².